The number of quaternary nitrogens is 1. The van der Waals surface area contributed by atoms with Gasteiger partial charge in [-0.15, -0.1) is 11.3 Å². The number of likely N-dealkylation sites (tertiary alicyclic amines) is 1. The first-order chi connectivity index (χ1) is 8.48. The van der Waals surface area contributed by atoms with Gasteiger partial charge in [0, 0.05) is 12.8 Å². The van der Waals surface area contributed by atoms with Crippen molar-refractivity contribution < 1.29 is 9.69 Å². The van der Waals surface area contributed by atoms with Crippen molar-refractivity contribution in [2.24, 2.45) is 0 Å². The summed E-state index contributed by atoms with van der Waals surface area (Å²) in [6.07, 6.45) is 1.70. The molecular weight excluding hydrogens is 315 g/mol. The lowest BCUT2D eigenvalue weighted by molar-refractivity contribution is -0.915. The third-order valence-corrected chi connectivity index (χ3v) is 4.53. The molecule has 18 heavy (non-hydrogen) atoms. The quantitative estimate of drug-likeness (QED) is 0.816. The number of carbonyl (C=O) groups is 1. The van der Waals surface area contributed by atoms with Gasteiger partial charge in [0.05, 0.1) is 18.0 Å². The summed E-state index contributed by atoms with van der Waals surface area (Å²) < 4.78 is -1.49. The van der Waals surface area contributed by atoms with Gasteiger partial charge in [-0.3, -0.25) is 10.1 Å². The molecule has 1 aromatic heterocycles. The number of thiophene rings is 1. The number of amides is 1. The van der Waals surface area contributed by atoms with Crippen molar-refractivity contribution in [2.45, 2.75) is 22.8 Å². The first-order valence-corrected chi connectivity index (χ1v) is 7.75. The molecule has 100 valence electrons. The standard InChI is InChI=1S/C11H13Cl3N2OS/c12-11(13,14)10(16-5-1-2-6-16)15-9(17)8-4-3-7-18-8/h3-4,7,10H,1-2,5-6H2,(H,15,17)/p+1/t10-/m1/s1. The molecule has 1 amide bonds. The molecule has 0 spiro atoms. The van der Waals surface area contributed by atoms with E-state index in [1.165, 1.54) is 11.3 Å². The number of rotatable bonds is 3. The van der Waals surface area contributed by atoms with Crippen LogP contribution in [0.2, 0.25) is 0 Å². The Kier molecular flexibility index (Phi) is 4.78. The lowest BCUT2D eigenvalue weighted by Gasteiger charge is -2.30. The number of nitrogens with one attached hydrogen (secondary N) is 2. The molecule has 0 saturated carbocycles. The second kappa shape index (κ2) is 5.97. The number of alkyl halides is 3. The highest BCUT2D eigenvalue weighted by atomic mass is 35.6. The third-order valence-electron chi connectivity index (χ3n) is 3.00. The molecule has 1 aromatic rings. The molecule has 1 saturated heterocycles. The van der Waals surface area contributed by atoms with Gasteiger partial charge in [0.15, 0.2) is 0 Å². The van der Waals surface area contributed by atoms with Crippen molar-refractivity contribution in [1.29, 1.82) is 0 Å². The molecule has 7 heteroatoms. The van der Waals surface area contributed by atoms with Gasteiger partial charge >= 0.3 is 0 Å². The summed E-state index contributed by atoms with van der Waals surface area (Å²) in [6.45, 7) is 1.84. The Morgan fingerprint density at radius 2 is 2.06 bits per heavy atom. The number of hydrogen-bond donors (Lipinski definition) is 2. The van der Waals surface area contributed by atoms with Crippen LogP contribution in [0.3, 0.4) is 0 Å². The lowest BCUT2D eigenvalue weighted by atomic mass is 10.4. The van der Waals surface area contributed by atoms with Crippen LogP contribution in [0.25, 0.3) is 0 Å². The second-order valence-corrected chi connectivity index (χ2v) is 7.61. The Morgan fingerprint density at radius 1 is 1.39 bits per heavy atom. The van der Waals surface area contributed by atoms with Gasteiger partial charge in [-0.25, -0.2) is 0 Å². The van der Waals surface area contributed by atoms with Crippen LogP contribution in [0.5, 0.6) is 0 Å². The topological polar surface area (TPSA) is 33.5 Å². The molecular formula is C11H14Cl3N2OS+. The van der Waals surface area contributed by atoms with E-state index in [0.29, 0.717) is 4.88 Å². The predicted octanol–water partition coefficient (Wildman–Crippen LogP) is 1.85. The number of hydrogen-bond acceptors (Lipinski definition) is 2. The third kappa shape index (κ3) is 3.52. The van der Waals surface area contributed by atoms with Gasteiger partial charge in [-0.05, 0) is 11.4 Å². The summed E-state index contributed by atoms with van der Waals surface area (Å²) in [7, 11) is 0. The van der Waals surface area contributed by atoms with E-state index in [1.54, 1.807) is 6.07 Å². The predicted molar refractivity (Wildman–Crippen MR) is 75.8 cm³/mol. The molecule has 0 aromatic carbocycles. The summed E-state index contributed by atoms with van der Waals surface area (Å²) in [5.41, 5.74) is 0. The molecule has 1 fully saturated rings. The number of carbonyl (C=O) groups excluding carboxylic acids is 1. The van der Waals surface area contributed by atoms with Crippen molar-refractivity contribution >= 4 is 52.0 Å². The fourth-order valence-corrected chi connectivity index (χ4v) is 3.40. The Hall–Kier alpha value is -0.000000000000000139. The van der Waals surface area contributed by atoms with Gasteiger partial charge in [-0.1, -0.05) is 40.9 Å². The van der Waals surface area contributed by atoms with E-state index in [-0.39, 0.29) is 5.91 Å². The molecule has 2 N–H and O–H groups in total. The van der Waals surface area contributed by atoms with E-state index in [1.807, 2.05) is 11.4 Å². The van der Waals surface area contributed by atoms with Gasteiger partial charge in [0.2, 0.25) is 6.17 Å². The summed E-state index contributed by atoms with van der Waals surface area (Å²) >= 11 is 19.3. The minimum absolute atomic E-state index is 0.180. The van der Waals surface area contributed by atoms with Crippen LogP contribution in [-0.2, 0) is 0 Å². The Bertz CT molecular complexity index is 399. The summed E-state index contributed by atoms with van der Waals surface area (Å²) in [4.78, 5) is 13.8. The van der Waals surface area contributed by atoms with Gasteiger partial charge < -0.3 is 4.90 Å². The van der Waals surface area contributed by atoms with E-state index in [9.17, 15) is 4.79 Å². The van der Waals surface area contributed by atoms with Crippen molar-refractivity contribution in [2.75, 3.05) is 13.1 Å². The molecule has 0 aliphatic carbocycles. The van der Waals surface area contributed by atoms with Crippen LogP contribution in [0.4, 0.5) is 0 Å². The highest BCUT2D eigenvalue weighted by molar-refractivity contribution is 7.12. The number of halogens is 3. The zero-order chi connectivity index (χ0) is 13.2. The van der Waals surface area contributed by atoms with Gasteiger partial charge in [-0.2, -0.15) is 0 Å². The first kappa shape index (κ1) is 14.4. The first-order valence-electron chi connectivity index (χ1n) is 5.74. The second-order valence-electron chi connectivity index (χ2n) is 4.29. The van der Waals surface area contributed by atoms with Crippen LogP contribution >= 0.6 is 46.1 Å². The molecule has 0 bridgehead atoms. The Labute approximate surface area is 125 Å². The van der Waals surface area contributed by atoms with Crippen LogP contribution in [0, 0.1) is 0 Å². The van der Waals surface area contributed by atoms with Crippen molar-refractivity contribution in [3.05, 3.63) is 22.4 Å². The van der Waals surface area contributed by atoms with Gasteiger partial charge in [0.1, 0.15) is 0 Å². The fraction of sp³-hybridized carbons (Fsp3) is 0.545. The summed E-state index contributed by atoms with van der Waals surface area (Å²) in [6, 6.07) is 3.58. The molecule has 3 nitrogen and oxygen atoms in total. The molecule has 0 radical (unpaired) electrons. The molecule has 1 aliphatic rings. The average molecular weight is 329 g/mol. The van der Waals surface area contributed by atoms with Crippen LogP contribution in [-0.4, -0.2) is 29.0 Å². The fourth-order valence-electron chi connectivity index (χ4n) is 2.14. The lowest BCUT2D eigenvalue weighted by Crippen LogP contribution is -3.17. The maximum absolute atomic E-state index is 12.0. The van der Waals surface area contributed by atoms with E-state index in [0.717, 1.165) is 30.8 Å². The van der Waals surface area contributed by atoms with E-state index in [2.05, 4.69) is 5.32 Å². The highest BCUT2D eigenvalue weighted by Crippen LogP contribution is 2.28. The van der Waals surface area contributed by atoms with Gasteiger partial charge in [0.25, 0.3) is 9.70 Å². The van der Waals surface area contributed by atoms with Crippen LogP contribution in [0.15, 0.2) is 17.5 Å². The SMILES string of the molecule is O=C(N[C@H]([NH+]1CCCC1)C(Cl)(Cl)Cl)c1cccs1. The normalized spacial score (nSPS) is 18.8. The molecule has 2 rings (SSSR count). The van der Waals surface area contributed by atoms with E-state index in [4.69, 9.17) is 34.8 Å². The minimum Gasteiger partial charge on any atom is -0.312 e. The Morgan fingerprint density at radius 3 is 2.56 bits per heavy atom. The monoisotopic (exact) mass is 327 g/mol. The van der Waals surface area contributed by atoms with Crippen molar-refractivity contribution in [1.82, 2.24) is 5.32 Å². The van der Waals surface area contributed by atoms with E-state index < -0.39 is 9.96 Å². The zero-order valence-corrected chi connectivity index (χ0v) is 12.7. The molecule has 2 heterocycles. The molecule has 0 unspecified atom stereocenters. The van der Waals surface area contributed by atoms with E-state index >= 15 is 0 Å². The van der Waals surface area contributed by atoms with Crippen LogP contribution < -0.4 is 10.2 Å². The zero-order valence-electron chi connectivity index (χ0n) is 9.59. The average Bonchev–Trinajstić information content (AvgIpc) is 2.96. The Balaban J connectivity index is 2.08. The van der Waals surface area contributed by atoms with Crippen LogP contribution in [0.1, 0.15) is 22.5 Å². The maximum Gasteiger partial charge on any atom is 0.265 e. The highest BCUT2D eigenvalue weighted by Gasteiger charge is 2.43. The summed E-state index contributed by atoms with van der Waals surface area (Å²) in [5, 5.41) is 4.69. The maximum atomic E-state index is 12.0. The largest absolute Gasteiger partial charge is 0.312 e. The van der Waals surface area contributed by atoms with Crippen molar-refractivity contribution in [3.8, 4) is 0 Å². The molecule has 1 atom stereocenters. The van der Waals surface area contributed by atoms with Crippen molar-refractivity contribution in [3.63, 3.8) is 0 Å². The molecule has 1 aliphatic heterocycles. The minimum atomic E-state index is -1.49. The smallest absolute Gasteiger partial charge is 0.265 e. The summed E-state index contributed by atoms with van der Waals surface area (Å²) in [5.74, 6) is -0.180.